The van der Waals surface area contributed by atoms with E-state index in [4.69, 9.17) is 10.5 Å². The molecule has 2 atom stereocenters. The van der Waals surface area contributed by atoms with Gasteiger partial charge in [0.25, 0.3) is 5.91 Å². The van der Waals surface area contributed by atoms with Gasteiger partial charge in [-0.3, -0.25) is 14.4 Å². The number of anilines is 1. The molecule has 0 saturated heterocycles. The average molecular weight is 575 g/mol. The van der Waals surface area contributed by atoms with E-state index in [1.54, 1.807) is 41.5 Å². The summed E-state index contributed by atoms with van der Waals surface area (Å²) in [5.41, 5.74) is 6.70. The van der Waals surface area contributed by atoms with Crippen LogP contribution >= 0.6 is 0 Å². The molecule has 2 unspecified atom stereocenters. The van der Waals surface area contributed by atoms with Crippen molar-refractivity contribution in [2.24, 2.45) is 5.73 Å². The summed E-state index contributed by atoms with van der Waals surface area (Å²) in [6, 6.07) is 16.5. The van der Waals surface area contributed by atoms with E-state index in [1.165, 1.54) is 4.90 Å². The molecule has 0 saturated carbocycles. The van der Waals surface area contributed by atoms with Crippen LogP contribution in [-0.2, 0) is 19.1 Å². The highest BCUT2D eigenvalue weighted by Gasteiger charge is 2.43. The molecular formula is C33H42N4O5. The maximum Gasteiger partial charge on any atom is 0.408 e. The van der Waals surface area contributed by atoms with E-state index in [-0.39, 0.29) is 0 Å². The number of rotatable bonds is 8. The molecular weight excluding hydrogens is 532 g/mol. The van der Waals surface area contributed by atoms with E-state index in [1.807, 2.05) is 74.5 Å². The van der Waals surface area contributed by atoms with Crippen LogP contribution in [0.2, 0.25) is 0 Å². The third-order valence-corrected chi connectivity index (χ3v) is 6.82. The van der Waals surface area contributed by atoms with Crippen LogP contribution in [0.3, 0.4) is 0 Å². The number of hydrogen-bond acceptors (Lipinski definition) is 5. The lowest BCUT2D eigenvalue weighted by Gasteiger charge is -2.43. The van der Waals surface area contributed by atoms with Gasteiger partial charge in [0.2, 0.25) is 11.8 Å². The minimum Gasteiger partial charge on any atom is -0.444 e. The van der Waals surface area contributed by atoms with Crippen molar-refractivity contribution in [3.63, 3.8) is 0 Å². The Bertz CT molecular complexity index is 1490. The number of amides is 4. The quantitative estimate of drug-likeness (QED) is 0.326. The van der Waals surface area contributed by atoms with Gasteiger partial charge >= 0.3 is 6.09 Å². The summed E-state index contributed by atoms with van der Waals surface area (Å²) in [5.74, 6) is -1.88. The fourth-order valence-corrected chi connectivity index (χ4v) is 4.81. The maximum atomic E-state index is 14.3. The smallest absolute Gasteiger partial charge is 0.408 e. The summed E-state index contributed by atoms with van der Waals surface area (Å²) in [5, 5.41) is 7.49. The second-order valence-corrected chi connectivity index (χ2v) is 12.5. The largest absolute Gasteiger partial charge is 0.444 e. The topological polar surface area (TPSA) is 131 Å². The third kappa shape index (κ3) is 8.09. The van der Waals surface area contributed by atoms with Crippen molar-refractivity contribution in [2.45, 2.75) is 85.0 Å². The lowest BCUT2D eigenvalue weighted by Crippen LogP contribution is -2.58. The lowest BCUT2D eigenvalue weighted by atomic mass is 9.91. The molecule has 0 spiro atoms. The van der Waals surface area contributed by atoms with Crippen LogP contribution in [0.25, 0.3) is 10.8 Å². The van der Waals surface area contributed by atoms with Crippen molar-refractivity contribution >= 4 is 40.3 Å². The van der Waals surface area contributed by atoms with Gasteiger partial charge < -0.3 is 26.0 Å². The highest BCUT2D eigenvalue weighted by atomic mass is 16.6. The number of nitrogens with two attached hydrogens (primary N) is 1. The second-order valence-electron chi connectivity index (χ2n) is 12.5. The third-order valence-electron chi connectivity index (χ3n) is 6.82. The van der Waals surface area contributed by atoms with Gasteiger partial charge in [-0.15, -0.1) is 0 Å². The molecule has 3 aromatic carbocycles. The molecule has 4 N–H and O–H groups in total. The summed E-state index contributed by atoms with van der Waals surface area (Å²) in [7, 11) is 0. The Hall–Kier alpha value is -4.40. The van der Waals surface area contributed by atoms with Crippen LogP contribution in [0.1, 0.15) is 70.7 Å². The van der Waals surface area contributed by atoms with Gasteiger partial charge in [-0.1, -0.05) is 48.5 Å². The van der Waals surface area contributed by atoms with Crippen molar-refractivity contribution in [3.8, 4) is 0 Å². The molecule has 0 bridgehead atoms. The van der Waals surface area contributed by atoms with Gasteiger partial charge in [0.1, 0.15) is 17.7 Å². The van der Waals surface area contributed by atoms with Crippen LogP contribution in [0.4, 0.5) is 10.5 Å². The monoisotopic (exact) mass is 574 g/mol. The SMILES string of the molecule is Cc1cccc(C(C(=O)Nc2ccc3ccccc3c2)N(C(=O)C(CC(N)=O)NC(=O)OC(C)(C)C)C(C)(C)C)c1C. The fraction of sp³-hybridized carbons (Fsp3) is 0.394. The molecule has 0 radical (unpaired) electrons. The summed E-state index contributed by atoms with van der Waals surface area (Å²) in [4.78, 5) is 54.8. The van der Waals surface area contributed by atoms with Gasteiger partial charge in [-0.25, -0.2) is 4.79 Å². The van der Waals surface area contributed by atoms with Crippen LogP contribution in [-0.4, -0.2) is 45.9 Å². The Morgan fingerprint density at radius 2 is 1.52 bits per heavy atom. The maximum absolute atomic E-state index is 14.3. The zero-order valence-corrected chi connectivity index (χ0v) is 25.7. The first-order chi connectivity index (χ1) is 19.5. The zero-order valence-electron chi connectivity index (χ0n) is 25.7. The lowest BCUT2D eigenvalue weighted by molar-refractivity contribution is -0.147. The summed E-state index contributed by atoms with van der Waals surface area (Å²) >= 11 is 0. The highest BCUT2D eigenvalue weighted by Crippen LogP contribution is 2.34. The number of aryl methyl sites for hydroxylation is 1. The van der Waals surface area contributed by atoms with Crippen LogP contribution in [0, 0.1) is 13.8 Å². The van der Waals surface area contributed by atoms with E-state index in [2.05, 4.69) is 10.6 Å². The van der Waals surface area contributed by atoms with Crippen molar-refractivity contribution in [2.75, 3.05) is 5.32 Å². The number of hydrogen-bond donors (Lipinski definition) is 3. The van der Waals surface area contributed by atoms with Gasteiger partial charge in [-0.05, 0) is 95.0 Å². The van der Waals surface area contributed by atoms with Gasteiger partial charge in [0.15, 0.2) is 0 Å². The first-order valence-corrected chi connectivity index (χ1v) is 13.9. The van der Waals surface area contributed by atoms with Crippen LogP contribution in [0.15, 0.2) is 60.7 Å². The molecule has 224 valence electrons. The predicted molar refractivity (Wildman–Crippen MR) is 165 cm³/mol. The standard InChI is InChI=1S/C33H42N4O5/c1-20-12-11-15-25(21(20)2)28(29(39)35-24-17-16-22-13-9-10-14-23(22)18-24)37(32(3,4)5)30(40)26(19-27(34)38)36-31(41)42-33(6,7)8/h9-18,26,28H,19H2,1-8H3,(H2,34,38)(H,35,39)(H,36,41). The first kappa shape index (κ1) is 32.1. The second kappa shape index (κ2) is 12.6. The van der Waals surface area contributed by atoms with E-state index >= 15 is 0 Å². The molecule has 42 heavy (non-hydrogen) atoms. The Morgan fingerprint density at radius 1 is 0.881 bits per heavy atom. The summed E-state index contributed by atoms with van der Waals surface area (Å²) in [6.45, 7) is 14.3. The van der Waals surface area contributed by atoms with Crippen molar-refractivity contribution < 1.29 is 23.9 Å². The number of fused-ring (bicyclic) bond motifs is 1. The molecule has 0 aliphatic heterocycles. The van der Waals surface area contributed by atoms with Gasteiger partial charge in [-0.2, -0.15) is 0 Å². The molecule has 4 amide bonds. The van der Waals surface area contributed by atoms with Gasteiger partial charge in [0, 0.05) is 11.2 Å². The molecule has 0 aliphatic carbocycles. The molecule has 0 fully saturated rings. The number of carbonyl (C=O) groups is 4. The first-order valence-electron chi connectivity index (χ1n) is 13.9. The number of benzene rings is 3. The predicted octanol–water partition coefficient (Wildman–Crippen LogP) is 5.53. The molecule has 0 aliphatic rings. The number of carbonyl (C=O) groups excluding carboxylic acids is 4. The fourth-order valence-electron chi connectivity index (χ4n) is 4.81. The number of primary amides is 1. The number of alkyl carbamates (subject to hydrolysis) is 1. The number of ether oxygens (including phenoxy) is 1. The van der Waals surface area contributed by atoms with Crippen LogP contribution in [0.5, 0.6) is 0 Å². The van der Waals surface area contributed by atoms with Crippen LogP contribution < -0.4 is 16.4 Å². The Kier molecular flexibility index (Phi) is 9.66. The summed E-state index contributed by atoms with van der Waals surface area (Å²) < 4.78 is 5.35. The highest BCUT2D eigenvalue weighted by molar-refractivity contribution is 6.01. The molecule has 0 heterocycles. The van der Waals surface area contributed by atoms with Crippen molar-refractivity contribution in [1.29, 1.82) is 0 Å². The normalized spacial score (nSPS) is 13.1. The Labute approximate surface area is 247 Å². The van der Waals surface area contributed by atoms with E-state index in [0.717, 1.165) is 21.9 Å². The molecule has 0 aromatic heterocycles. The number of nitrogens with one attached hydrogen (secondary N) is 2. The number of nitrogens with zero attached hydrogens (tertiary/aromatic N) is 1. The Morgan fingerprint density at radius 3 is 2.12 bits per heavy atom. The summed E-state index contributed by atoms with van der Waals surface area (Å²) in [6.07, 6.45) is -1.35. The molecule has 9 nitrogen and oxygen atoms in total. The molecule has 9 heteroatoms. The van der Waals surface area contributed by atoms with E-state index in [0.29, 0.717) is 11.3 Å². The molecule has 3 aromatic rings. The minimum absolute atomic E-state index is 0.447. The molecule has 3 rings (SSSR count). The average Bonchev–Trinajstić information content (AvgIpc) is 2.86. The minimum atomic E-state index is -1.36. The van der Waals surface area contributed by atoms with E-state index in [9.17, 15) is 19.2 Å². The Balaban J connectivity index is 2.12. The van der Waals surface area contributed by atoms with Gasteiger partial charge in [0.05, 0.1) is 6.42 Å². The van der Waals surface area contributed by atoms with Crippen molar-refractivity contribution in [1.82, 2.24) is 10.2 Å². The van der Waals surface area contributed by atoms with E-state index < -0.39 is 53.5 Å². The van der Waals surface area contributed by atoms with Crippen molar-refractivity contribution in [3.05, 3.63) is 77.4 Å². The zero-order chi connectivity index (χ0) is 31.4.